The topological polar surface area (TPSA) is 182 Å². The van der Waals surface area contributed by atoms with E-state index in [1.54, 1.807) is 73.0 Å². The Bertz CT molecular complexity index is 2080. The number of halogens is 2. The van der Waals surface area contributed by atoms with E-state index in [-0.39, 0.29) is 38.8 Å². The summed E-state index contributed by atoms with van der Waals surface area (Å²) in [6, 6.07) is 5.90. The van der Waals surface area contributed by atoms with Gasteiger partial charge in [0, 0.05) is 23.9 Å². The molecule has 0 unspecified atom stereocenters. The van der Waals surface area contributed by atoms with E-state index in [4.69, 9.17) is 37.4 Å². The van der Waals surface area contributed by atoms with Crippen LogP contribution in [0.4, 0.5) is 4.79 Å². The number of nitrogens with zero attached hydrogens (tertiary/aromatic N) is 2. The molecule has 1 saturated heterocycles. The van der Waals surface area contributed by atoms with Gasteiger partial charge in [-0.2, -0.15) is 0 Å². The van der Waals surface area contributed by atoms with Crippen LogP contribution in [0, 0.1) is 11.3 Å². The highest BCUT2D eigenvalue weighted by atomic mass is 35.5. The summed E-state index contributed by atoms with van der Waals surface area (Å²) in [6.45, 7) is 14.0. The predicted molar refractivity (Wildman–Crippen MR) is 204 cm³/mol. The van der Waals surface area contributed by atoms with Gasteiger partial charge in [-0.05, 0) is 68.3 Å². The molecule has 1 aliphatic carbocycles. The minimum atomic E-state index is -4.42. The predicted octanol–water partition coefficient (Wildman–Crippen LogP) is 5.47. The molecule has 2 fully saturated rings. The lowest BCUT2D eigenvalue weighted by atomic mass is 9.85. The summed E-state index contributed by atoms with van der Waals surface area (Å²) in [5.41, 5.74) is -3.40. The first-order chi connectivity index (χ1) is 25.1. The Kier molecular flexibility index (Phi) is 11.6. The van der Waals surface area contributed by atoms with Crippen LogP contribution in [0.5, 0.6) is 11.6 Å². The molecule has 4 amide bonds. The lowest BCUT2D eigenvalue weighted by Gasteiger charge is -2.36. The molecule has 1 saturated carbocycles. The fourth-order valence-corrected chi connectivity index (χ4v) is 9.10. The molecule has 1 aliphatic heterocycles. The zero-order valence-corrected chi connectivity index (χ0v) is 34.0. The summed E-state index contributed by atoms with van der Waals surface area (Å²) in [6.07, 6.45) is 1.43. The molecule has 0 bridgehead atoms. The Morgan fingerprint density at radius 3 is 2.39 bits per heavy atom. The number of ether oxygens (including phenoxy) is 3. The summed E-state index contributed by atoms with van der Waals surface area (Å²) < 4.78 is 45.2. The van der Waals surface area contributed by atoms with Gasteiger partial charge in [0.15, 0.2) is 0 Å². The van der Waals surface area contributed by atoms with Crippen molar-refractivity contribution in [3.8, 4) is 11.6 Å². The van der Waals surface area contributed by atoms with Gasteiger partial charge in [0.25, 0.3) is 15.9 Å². The fraction of sp³-hybridized carbons (Fsp3) is 0.472. The first-order valence-corrected chi connectivity index (χ1v) is 20.0. The van der Waals surface area contributed by atoms with Crippen LogP contribution in [0.3, 0.4) is 0 Å². The Hall–Kier alpha value is -4.12. The Morgan fingerprint density at radius 2 is 1.81 bits per heavy atom. The van der Waals surface area contributed by atoms with E-state index in [1.807, 2.05) is 10.8 Å². The van der Waals surface area contributed by atoms with E-state index in [2.05, 4.69) is 22.2 Å². The number of fused-ring (bicyclic) bond motifs is 1. The van der Waals surface area contributed by atoms with Gasteiger partial charge < -0.3 is 29.7 Å². The van der Waals surface area contributed by atoms with Crippen LogP contribution in [0.15, 0.2) is 53.4 Å². The summed E-state index contributed by atoms with van der Waals surface area (Å²) in [5.74, 6) is -2.08. The van der Waals surface area contributed by atoms with Gasteiger partial charge in [0.2, 0.25) is 17.7 Å². The maximum absolute atomic E-state index is 14.5. The minimum absolute atomic E-state index is 0.00353. The summed E-state index contributed by atoms with van der Waals surface area (Å²) >= 11 is 12.6. The van der Waals surface area contributed by atoms with Crippen molar-refractivity contribution >= 4 is 79.1 Å². The first kappa shape index (κ1) is 41.1. The van der Waals surface area contributed by atoms with Crippen molar-refractivity contribution in [3.63, 3.8) is 0 Å². The number of likely N-dealkylation sites (tertiary alicyclic amines) is 1. The Morgan fingerprint density at radius 1 is 1.11 bits per heavy atom. The normalized spacial score (nSPS) is 21.9. The van der Waals surface area contributed by atoms with Crippen LogP contribution in [0.1, 0.15) is 54.4 Å². The zero-order valence-electron chi connectivity index (χ0n) is 30.8. The number of rotatable bonds is 11. The van der Waals surface area contributed by atoms with Crippen LogP contribution < -0.4 is 24.8 Å². The number of carbonyl (C=O) groups is 4. The largest absolute Gasteiger partial charge is 0.497 e. The van der Waals surface area contributed by atoms with E-state index in [0.29, 0.717) is 22.5 Å². The van der Waals surface area contributed by atoms with Crippen LogP contribution in [0.25, 0.3) is 10.8 Å². The fourth-order valence-electron chi connectivity index (χ4n) is 6.18. The highest BCUT2D eigenvalue weighted by molar-refractivity contribution is 7.92. The number of hydrogen-bond donors (Lipinski definition) is 3. The molecule has 3 aromatic rings. The van der Waals surface area contributed by atoms with E-state index in [0.717, 1.165) is 11.5 Å². The summed E-state index contributed by atoms with van der Waals surface area (Å²) in [4.78, 5) is 61.2. The van der Waals surface area contributed by atoms with E-state index >= 15 is 0 Å². The van der Waals surface area contributed by atoms with Gasteiger partial charge in [-0.1, -0.05) is 50.0 Å². The molecule has 0 spiro atoms. The summed E-state index contributed by atoms with van der Waals surface area (Å²) in [5, 5.41) is 6.87. The lowest BCUT2D eigenvalue weighted by molar-refractivity contribution is -0.143. The Balaban J connectivity index is 1.45. The maximum atomic E-state index is 14.5. The minimum Gasteiger partial charge on any atom is -0.497 e. The molecular formula is C36H43Cl2N5O9S2. The average Bonchev–Trinajstić information content (AvgIpc) is 3.44. The summed E-state index contributed by atoms with van der Waals surface area (Å²) in [7, 11) is -2.87. The molecule has 2 aromatic heterocycles. The van der Waals surface area contributed by atoms with Crippen LogP contribution in [-0.2, 0) is 29.1 Å². The van der Waals surface area contributed by atoms with Crippen LogP contribution in [0.2, 0.25) is 9.36 Å². The molecule has 3 heterocycles. The second-order valence-corrected chi connectivity index (χ2v) is 19.2. The number of carbonyl (C=O) groups excluding carboxylic acids is 4. The first-order valence-electron chi connectivity index (χ1n) is 16.9. The number of nitrogens with one attached hydrogen (secondary N) is 3. The number of benzene rings is 1. The van der Waals surface area contributed by atoms with E-state index < -0.39 is 74.5 Å². The number of hydrogen-bond acceptors (Lipinski definition) is 11. The molecule has 54 heavy (non-hydrogen) atoms. The number of alkyl carbamates (subject to hydrolysis) is 1. The number of pyridine rings is 1. The molecule has 18 heteroatoms. The van der Waals surface area contributed by atoms with Gasteiger partial charge in [0.1, 0.15) is 43.6 Å². The van der Waals surface area contributed by atoms with E-state index in [9.17, 15) is 27.6 Å². The zero-order chi connectivity index (χ0) is 40.0. The third kappa shape index (κ3) is 8.88. The van der Waals surface area contributed by atoms with Crippen molar-refractivity contribution < 1.29 is 41.8 Å². The number of thiophene rings is 1. The molecule has 3 N–H and O–H groups in total. The lowest BCUT2D eigenvalue weighted by Crippen LogP contribution is -2.60. The second kappa shape index (κ2) is 15.2. The molecule has 0 radical (unpaired) electrons. The highest BCUT2D eigenvalue weighted by Gasteiger charge is 2.61. The Labute approximate surface area is 327 Å². The smallest absolute Gasteiger partial charge is 0.408 e. The second-order valence-electron chi connectivity index (χ2n) is 15.3. The maximum Gasteiger partial charge on any atom is 0.408 e. The van der Waals surface area contributed by atoms with Crippen LogP contribution >= 0.6 is 34.5 Å². The van der Waals surface area contributed by atoms with Gasteiger partial charge in [-0.3, -0.25) is 14.4 Å². The number of sulfonamides is 1. The van der Waals surface area contributed by atoms with Crippen molar-refractivity contribution in [1.82, 2.24) is 25.2 Å². The van der Waals surface area contributed by atoms with Gasteiger partial charge in [0.05, 0.1) is 18.7 Å². The third-order valence-corrected chi connectivity index (χ3v) is 12.7. The van der Waals surface area contributed by atoms with Crippen molar-refractivity contribution in [1.29, 1.82) is 0 Å². The van der Waals surface area contributed by atoms with Gasteiger partial charge in [-0.25, -0.2) is 22.9 Å². The monoisotopic (exact) mass is 823 g/mol. The van der Waals surface area contributed by atoms with Crippen molar-refractivity contribution in [2.75, 3.05) is 13.7 Å². The number of methoxy groups -OCH3 is 1. The molecule has 5 rings (SSSR count). The molecule has 2 aliphatic rings. The quantitative estimate of drug-likeness (QED) is 0.210. The molecule has 5 atom stereocenters. The van der Waals surface area contributed by atoms with Crippen LogP contribution in [-0.4, -0.2) is 85.1 Å². The molecule has 14 nitrogen and oxygen atoms in total. The highest BCUT2D eigenvalue weighted by Crippen LogP contribution is 2.46. The number of aromatic nitrogens is 1. The van der Waals surface area contributed by atoms with Crippen molar-refractivity contribution in [2.45, 2.75) is 87.9 Å². The molecule has 1 aromatic carbocycles. The van der Waals surface area contributed by atoms with Crippen molar-refractivity contribution in [3.05, 3.63) is 58.5 Å². The van der Waals surface area contributed by atoms with E-state index in [1.165, 1.54) is 11.0 Å². The number of amides is 4. The van der Waals surface area contributed by atoms with Crippen molar-refractivity contribution in [2.24, 2.45) is 11.3 Å². The molecular weight excluding hydrogens is 781 g/mol. The average molecular weight is 825 g/mol. The third-order valence-electron chi connectivity index (χ3n) is 9.00. The van der Waals surface area contributed by atoms with Gasteiger partial charge in [-0.15, -0.1) is 17.9 Å². The SMILES string of the molecule is C=C[C@@H]1C[C@]1(NC(=O)[C@@H]1C[C@@H](Oc2nccc3cc(OC)ccc23)CN1C(=O)[C@@H](NC(=O)OC(C)(C)C)C(C)(C)C)C(=O)NS(=O)(=O)c1cc(Cl)c(Cl)s1. The van der Waals surface area contributed by atoms with Gasteiger partial charge >= 0.3 is 6.09 Å². The standard InChI is InChI=1S/C36H43Cl2N5O9S2/c1-9-20-17-36(20,32(46)42-54(48,49)26-16-24(37)28(38)53-26)41-29(44)25-15-22(51-30-23-11-10-21(50-8)14-19(23)12-13-39-30)18-43(25)31(45)27(34(2,3)4)40-33(47)52-35(5,6)7/h9-14,16,20,22,25,27H,1,15,17-18H2,2-8H3,(H,40,47)(H,41,44)(H,42,46)/t20-,22-,25+,27-,36-/m1/s1. The molecule has 292 valence electrons.